The molecule has 1 aromatic rings. The quantitative estimate of drug-likeness (QED) is 0.805. The molecule has 1 N–H and O–H groups in total. The summed E-state index contributed by atoms with van der Waals surface area (Å²) in [5.41, 5.74) is -0.134. The molecule has 0 spiro atoms. The average molecular weight is 321 g/mol. The molecule has 0 aromatic heterocycles. The first-order chi connectivity index (χ1) is 9.56. The van der Waals surface area contributed by atoms with E-state index in [4.69, 9.17) is 0 Å². The van der Waals surface area contributed by atoms with Gasteiger partial charge in [0.25, 0.3) is 5.91 Å². The Kier molecular flexibility index (Phi) is 4.78. The summed E-state index contributed by atoms with van der Waals surface area (Å²) in [6.07, 6.45) is 0.884. The van der Waals surface area contributed by atoms with E-state index in [1.807, 2.05) is 0 Å². The Morgan fingerprint density at radius 1 is 1.14 bits per heavy atom. The van der Waals surface area contributed by atoms with Gasteiger partial charge in [-0.15, -0.1) is 12.4 Å². The van der Waals surface area contributed by atoms with Crippen molar-refractivity contribution >= 4 is 18.3 Å². The van der Waals surface area contributed by atoms with Crippen LogP contribution in [0.15, 0.2) is 12.1 Å². The molecule has 0 aliphatic carbocycles. The highest BCUT2D eigenvalue weighted by atomic mass is 35.5. The maximum atomic E-state index is 13.2. The lowest BCUT2D eigenvalue weighted by molar-refractivity contribution is 0.0641. The van der Waals surface area contributed by atoms with Crippen molar-refractivity contribution in [3.05, 3.63) is 35.1 Å². The fourth-order valence-corrected chi connectivity index (χ4v) is 3.08. The topological polar surface area (TPSA) is 32.3 Å². The van der Waals surface area contributed by atoms with E-state index >= 15 is 0 Å². The molecule has 7 heteroatoms. The van der Waals surface area contributed by atoms with Crippen molar-refractivity contribution in [2.75, 3.05) is 26.2 Å². The summed E-state index contributed by atoms with van der Waals surface area (Å²) in [6.45, 7) is 2.98. The van der Waals surface area contributed by atoms with E-state index < -0.39 is 23.4 Å². The van der Waals surface area contributed by atoms with E-state index in [9.17, 15) is 18.0 Å². The van der Waals surface area contributed by atoms with Gasteiger partial charge in [0.05, 0.1) is 0 Å². The smallest absolute Gasteiger partial charge is 0.254 e. The molecule has 2 fully saturated rings. The minimum atomic E-state index is -1.54. The lowest BCUT2D eigenvalue weighted by atomic mass is 9.88. The van der Waals surface area contributed by atoms with Gasteiger partial charge in [-0.25, -0.2) is 13.2 Å². The highest BCUT2D eigenvalue weighted by molar-refractivity contribution is 5.94. The van der Waals surface area contributed by atoms with Gasteiger partial charge in [-0.2, -0.15) is 0 Å². The number of hydrogen-bond donors (Lipinski definition) is 1. The number of benzene rings is 1. The molecule has 2 heterocycles. The summed E-state index contributed by atoms with van der Waals surface area (Å²) in [4.78, 5) is 13.9. The molecule has 2 aliphatic rings. The first kappa shape index (κ1) is 16.1. The Bertz CT molecular complexity index is 532. The van der Waals surface area contributed by atoms with E-state index in [1.54, 1.807) is 4.90 Å². The van der Waals surface area contributed by atoms with Crippen LogP contribution in [-0.2, 0) is 0 Å². The number of halogens is 4. The van der Waals surface area contributed by atoms with Crippen molar-refractivity contribution in [2.45, 2.75) is 6.42 Å². The summed E-state index contributed by atoms with van der Waals surface area (Å²) in [5, 5.41) is 3.28. The number of piperidine rings is 1. The summed E-state index contributed by atoms with van der Waals surface area (Å²) in [6, 6.07) is 1.53. The predicted molar refractivity (Wildman–Crippen MR) is 73.9 cm³/mol. The fraction of sp³-hybridized carbons (Fsp3) is 0.500. The summed E-state index contributed by atoms with van der Waals surface area (Å²) in [7, 11) is 0. The minimum Gasteiger partial charge on any atom is -0.338 e. The monoisotopic (exact) mass is 320 g/mol. The molecule has 3 rings (SSSR count). The Morgan fingerprint density at radius 3 is 2.43 bits per heavy atom. The molecule has 2 unspecified atom stereocenters. The molecule has 0 bridgehead atoms. The van der Waals surface area contributed by atoms with Gasteiger partial charge in [-0.05, 0) is 43.5 Å². The molecular formula is C14H16ClF3N2O. The Labute approximate surface area is 126 Å². The van der Waals surface area contributed by atoms with Gasteiger partial charge in [0.2, 0.25) is 0 Å². The van der Waals surface area contributed by atoms with Crippen LogP contribution in [0.4, 0.5) is 13.2 Å². The van der Waals surface area contributed by atoms with Crippen LogP contribution < -0.4 is 5.32 Å². The third kappa shape index (κ3) is 3.01. The first-order valence-corrected chi connectivity index (χ1v) is 6.71. The van der Waals surface area contributed by atoms with Gasteiger partial charge in [0, 0.05) is 18.7 Å². The van der Waals surface area contributed by atoms with Gasteiger partial charge in [0.1, 0.15) is 0 Å². The van der Waals surface area contributed by atoms with Crippen LogP contribution in [-0.4, -0.2) is 37.0 Å². The zero-order valence-corrected chi connectivity index (χ0v) is 12.1. The molecular weight excluding hydrogens is 305 g/mol. The predicted octanol–water partition coefficient (Wildman–Crippen LogP) is 2.21. The van der Waals surface area contributed by atoms with Crippen LogP contribution in [0, 0.1) is 29.3 Å². The van der Waals surface area contributed by atoms with Crippen molar-refractivity contribution in [3.8, 4) is 0 Å². The van der Waals surface area contributed by atoms with Crippen molar-refractivity contribution < 1.29 is 18.0 Å². The van der Waals surface area contributed by atoms with E-state index in [0.717, 1.165) is 31.6 Å². The molecule has 21 heavy (non-hydrogen) atoms. The number of amides is 1. The van der Waals surface area contributed by atoms with Crippen LogP contribution in [0.1, 0.15) is 16.8 Å². The second kappa shape index (κ2) is 6.23. The zero-order chi connectivity index (χ0) is 14.3. The van der Waals surface area contributed by atoms with Gasteiger partial charge in [0.15, 0.2) is 17.5 Å². The molecule has 2 atom stereocenters. The lowest BCUT2D eigenvalue weighted by Gasteiger charge is -2.34. The highest BCUT2D eigenvalue weighted by Crippen LogP contribution is 2.27. The maximum Gasteiger partial charge on any atom is 0.254 e. The Hall–Kier alpha value is -1.27. The van der Waals surface area contributed by atoms with Crippen LogP contribution in [0.3, 0.4) is 0 Å². The highest BCUT2D eigenvalue weighted by Gasteiger charge is 2.35. The molecule has 1 amide bonds. The molecule has 0 radical (unpaired) electrons. The number of likely N-dealkylation sites (tertiary alicyclic amines) is 1. The van der Waals surface area contributed by atoms with Gasteiger partial charge >= 0.3 is 0 Å². The first-order valence-electron chi connectivity index (χ1n) is 6.71. The summed E-state index contributed by atoms with van der Waals surface area (Å²) < 4.78 is 39.3. The third-order valence-corrected chi connectivity index (χ3v) is 4.22. The number of carbonyl (C=O) groups is 1. The molecule has 2 saturated heterocycles. The van der Waals surface area contributed by atoms with Crippen molar-refractivity contribution in [2.24, 2.45) is 11.8 Å². The van der Waals surface area contributed by atoms with E-state index in [2.05, 4.69) is 5.32 Å². The fourth-order valence-electron chi connectivity index (χ4n) is 3.08. The SMILES string of the molecule is Cl.O=C(c1cc(F)c(F)c(F)c1)N1CCC2CNCC2C1. The number of rotatable bonds is 1. The number of fused-ring (bicyclic) bond motifs is 1. The molecule has 1 aromatic carbocycles. The van der Waals surface area contributed by atoms with E-state index in [-0.39, 0.29) is 18.0 Å². The van der Waals surface area contributed by atoms with Gasteiger partial charge in [-0.3, -0.25) is 4.79 Å². The van der Waals surface area contributed by atoms with Gasteiger partial charge < -0.3 is 10.2 Å². The molecule has 0 saturated carbocycles. The molecule has 2 aliphatic heterocycles. The molecule has 3 nitrogen and oxygen atoms in total. The van der Waals surface area contributed by atoms with Crippen LogP contribution >= 0.6 is 12.4 Å². The summed E-state index contributed by atoms with van der Waals surface area (Å²) in [5.74, 6) is -3.67. The van der Waals surface area contributed by atoms with Crippen molar-refractivity contribution in [1.82, 2.24) is 10.2 Å². The minimum absolute atomic E-state index is 0. The van der Waals surface area contributed by atoms with Crippen molar-refractivity contribution in [3.63, 3.8) is 0 Å². The average Bonchev–Trinajstić information content (AvgIpc) is 2.90. The molecule has 116 valence electrons. The van der Waals surface area contributed by atoms with E-state index in [1.165, 1.54) is 0 Å². The summed E-state index contributed by atoms with van der Waals surface area (Å²) >= 11 is 0. The second-order valence-electron chi connectivity index (χ2n) is 5.47. The third-order valence-electron chi connectivity index (χ3n) is 4.22. The zero-order valence-electron chi connectivity index (χ0n) is 11.2. The Balaban J connectivity index is 0.00000161. The van der Waals surface area contributed by atoms with Crippen LogP contribution in [0.2, 0.25) is 0 Å². The van der Waals surface area contributed by atoms with Crippen LogP contribution in [0.5, 0.6) is 0 Å². The van der Waals surface area contributed by atoms with Crippen LogP contribution in [0.25, 0.3) is 0 Å². The standard InChI is InChI=1S/C14H15F3N2O.ClH/c15-11-3-9(4-12(16)13(11)17)14(20)19-2-1-8-5-18-6-10(8)7-19;/h3-4,8,10,18H,1-2,5-7H2;1H. The van der Waals surface area contributed by atoms with Gasteiger partial charge in [-0.1, -0.05) is 0 Å². The number of nitrogens with one attached hydrogen (secondary N) is 1. The Morgan fingerprint density at radius 2 is 1.76 bits per heavy atom. The number of carbonyl (C=O) groups excluding carboxylic acids is 1. The van der Waals surface area contributed by atoms with Crippen molar-refractivity contribution in [1.29, 1.82) is 0 Å². The second-order valence-corrected chi connectivity index (χ2v) is 5.47. The number of hydrogen-bond acceptors (Lipinski definition) is 2. The number of nitrogens with zero attached hydrogens (tertiary/aromatic N) is 1. The normalized spacial score (nSPS) is 24.4. The maximum absolute atomic E-state index is 13.2. The van der Waals surface area contributed by atoms with E-state index in [0.29, 0.717) is 24.9 Å². The largest absolute Gasteiger partial charge is 0.338 e. The lowest BCUT2D eigenvalue weighted by Crippen LogP contribution is -2.43.